The fraction of sp³-hybridized carbons (Fsp3) is 0.588. The van der Waals surface area contributed by atoms with Crippen molar-refractivity contribution >= 4 is 5.84 Å². The highest BCUT2D eigenvalue weighted by Gasteiger charge is 2.34. The molecule has 0 radical (unpaired) electrons. The zero-order valence-electron chi connectivity index (χ0n) is 13.1. The van der Waals surface area contributed by atoms with Crippen LogP contribution >= 0.6 is 0 Å². The Labute approximate surface area is 127 Å². The minimum atomic E-state index is 0.151. The van der Waals surface area contributed by atoms with Gasteiger partial charge in [-0.05, 0) is 50.4 Å². The largest absolute Gasteiger partial charge is 0.384 e. The number of fused-ring (bicyclic) bond motifs is 2. The Morgan fingerprint density at radius 3 is 2.76 bits per heavy atom. The molecule has 2 saturated heterocycles. The van der Waals surface area contributed by atoms with Crippen LogP contribution in [0.5, 0.6) is 0 Å². The molecule has 2 bridgehead atoms. The maximum Gasteiger partial charge on any atom is 0.122 e. The van der Waals surface area contributed by atoms with E-state index in [0.717, 1.165) is 24.2 Å². The minimum absolute atomic E-state index is 0.151. The highest BCUT2D eigenvalue weighted by atomic mass is 15.3. The summed E-state index contributed by atoms with van der Waals surface area (Å²) in [6, 6.07) is 7.67. The monoisotopic (exact) mass is 286 g/mol. The molecule has 3 rings (SSSR count). The van der Waals surface area contributed by atoms with E-state index in [1.54, 1.807) is 0 Å². The maximum atomic E-state index is 7.52. The van der Waals surface area contributed by atoms with Crippen molar-refractivity contribution in [2.45, 2.75) is 44.8 Å². The number of rotatable bonds is 3. The molecule has 0 spiro atoms. The molecule has 0 aliphatic carbocycles. The Hall–Kier alpha value is -1.39. The third-order valence-corrected chi connectivity index (χ3v) is 5.28. The number of amidine groups is 1. The number of likely N-dealkylation sites (N-methyl/N-ethyl adjacent to an activating group) is 1. The molecule has 1 aromatic carbocycles. The number of hydrogen-bond donors (Lipinski definition) is 2. The Morgan fingerprint density at radius 2 is 2.05 bits per heavy atom. The molecule has 0 aromatic heterocycles. The average Bonchev–Trinajstić information content (AvgIpc) is 2.68. The molecule has 0 saturated carbocycles. The van der Waals surface area contributed by atoms with Gasteiger partial charge in [0.15, 0.2) is 0 Å². The fourth-order valence-corrected chi connectivity index (χ4v) is 3.80. The lowest BCUT2D eigenvalue weighted by atomic mass is 10.0. The maximum absolute atomic E-state index is 7.52. The predicted molar refractivity (Wildman–Crippen MR) is 86.7 cm³/mol. The summed E-state index contributed by atoms with van der Waals surface area (Å²) in [5, 5.41) is 7.52. The van der Waals surface area contributed by atoms with Crippen LogP contribution in [0.2, 0.25) is 0 Å². The predicted octanol–water partition coefficient (Wildman–Crippen LogP) is 1.95. The van der Waals surface area contributed by atoms with E-state index in [2.05, 4.69) is 29.8 Å². The van der Waals surface area contributed by atoms with Crippen LogP contribution in [0.15, 0.2) is 18.2 Å². The molecular weight excluding hydrogens is 260 g/mol. The molecule has 2 atom stereocenters. The first kappa shape index (κ1) is 14.5. The first-order valence-electron chi connectivity index (χ1n) is 7.93. The lowest BCUT2D eigenvalue weighted by Gasteiger charge is -2.26. The second-order valence-corrected chi connectivity index (χ2v) is 6.63. The number of likely N-dealkylation sites (tertiary alicyclic amines) is 1. The number of nitrogens with two attached hydrogens (primary N) is 1. The summed E-state index contributed by atoms with van der Waals surface area (Å²) in [6.07, 6.45) is 4.01. The summed E-state index contributed by atoms with van der Waals surface area (Å²) >= 11 is 0. The van der Waals surface area contributed by atoms with Gasteiger partial charge in [-0.1, -0.05) is 12.1 Å². The molecule has 2 unspecified atom stereocenters. The van der Waals surface area contributed by atoms with Gasteiger partial charge < -0.3 is 5.73 Å². The normalized spacial score (nSPS) is 26.8. The topological polar surface area (TPSA) is 56.4 Å². The van der Waals surface area contributed by atoms with Crippen LogP contribution in [0.4, 0.5) is 0 Å². The molecule has 114 valence electrons. The third kappa shape index (κ3) is 2.97. The summed E-state index contributed by atoms with van der Waals surface area (Å²) < 4.78 is 0. The van der Waals surface area contributed by atoms with Crippen molar-refractivity contribution in [1.29, 1.82) is 5.41 Å². The van der Waals surface area contributed by atoms with Crippen molar-refractivity contribution in [3.8, 4) is 0 Å². The summed E-state index contributed by atoms with van der Waals surface area (Å²) in [5.41, 5.74) is 8.99. The van der Waals surface area contributed by atoms with Gasteiger partial charge >= 0.3 is 0 Å². The molecule has 2 fully saturated rings. The van der Waals surface area contributed by atoms with Crippen LogP contribution in [0.3, 0.4) is 0 Å². The molecule has 21 heavy (non-hydrogen) atoms. The first-order valence-corrected chi connectivity index (χ1v) is 7.93. The van der Waals surface area contributed by atoms with E-state index in [4.69, 9.17) is 11.1 Å². The summed E-state index contributed by atoms with van der Waals surface area (Å²) in [4.78, 5) is 5.18. The van der Waals surface area contributed by atoms with Crippen LogP contribution in [-0.2, 0) is 6.54 Å². The van der Waals surface area contributed by atoms with E-state index < -0.39 is 0 Å². The van der Waals surface area contributed by atoms with Crippen LogP contribution in [-0.4, -0.2) is 47.9 Å². The van der Waals surface area contributed by atoms with Crippen molar-refractivity contribution in [2.75, 3.05) is 20.1 Å². The Bertz CT molecular complexity index is 540. The highest BCUT2D eigenvalue weighted by Crippen LogP contribution is 2.29. The second kappa shape index (κ2) is 5.78. The average molecular weight is 286 g/mol. The number of nitrogens with one attached hydrogen (secondary N) is 1. The van der Waals surface area contributed by atoms with Gasteiger partial charge in [0.05, 0.1) is 0 Å². The Morgan fingerprint density at radius 1 is 1.29 bits per heavy atom. The standard InChI is InChI=1S/C17H26N4/c1-12-9-13(17(18)19)3-4-14(12)10-21-8-7-15-5-6-16(11-21)20(15)2/h3-4,9,15-16H,5-8,10-11H2,1-2H3,(H3,18,19). The number of aryl methyl sites for hydroxylation is 1. The number of benzene rings is 1. The molecule has 4 heteroatoms. The highest BCUT2D eigenvalue weighted by molar-refractivity contribution is 5.95. The molecular formula is C17H26N4. The lowest BCUT2D eigenvalue weighted by molar-refractivity contribution is 0.214. The van der Waals surface area contributed by atoms with Crippen LogP contribution in [0, 0.1) is 12.3 Å². The van der Waals surface area contributed by atoms with Crippen molar-refractivity contribution in [1.82, 2.24) is 9.80 Å². The summed E-state index contributed by atoms with van der Waals surface area (Å²) in [7, 11) is 2.29. The van der Waals surface area contributed by atoms with Gasteiger partial charge in [0.2, 0.25) is 0 Å². The molecule has 1 aromatic rings. The fourth-order valence-electron chi connectivity index (χ4n) is 3.80. The smallest absolute Gasteiger partial charge is 0.122 e. The quantitative estimate of drug-likeness (QED) is 0.659. The third-order valence-electron chi connectivity index (χ3n) is 5.28. The van der Waals surface area contributed by atoms with E-state index in [0.29, 0.717) is 0 Å². The SMILES string of the molecule is Cc1cc(C(=N)N)ccc1CN1CCC2CCC(C1)N2C. The number of hydrogen-bond acceptors (Lipinski definition) is 3. The van der Waals surface area contributed by atoms with Crippen molar-refractivity contribution in [3.63, 3.8) is 0 Å². The van der Waals surface area contributed by atoms with E-state index in [1.165, 1.54) is 43.5 Å². The van der Waals surface area contributed by atoms with Crippen molar-refractivity contribution < 1.29 is 0 Å². The molecule has 2 heterocycles. The van der Waals surface area contributed by atoms with Crippen LogP contribution < -0.4 is 5.73 Å². The number of nitrogens with zero attached hydrogens (tertiary/aromatic N) is 2. The van der Waals surface area contributed by atoms with Gasteiger partial charge in [0, 0.05) is 37.3 Å². The van der Waals surface area contributed by atoms with E-state index in [9.17, 15) is 0 Å². The summed E-state index contributed by atoms with van der Waals surface area (Å²) in [5.74, 6) is 0.151. The minimum Gasteiger partial charge on any atom is -0.384 e. The Kier molecular flexibility index (Phi) is 4.00. The van der Waals surface area contributed by atoms with E-state index in [-0.39, 0.29) is 5.84 Å². The van der Waals surface area contributed by atoms with Gasteiger partial charge in [-0.3, -0.25) is 15.2 Å². The van der Waals surface area contributed by atoms with E-state index >= 15 is 0 Å². The zero-order valence-corrected chi connectivity index (χ0v) is 13.1. The van der Waals surface area contributed by atoms with Gasteiger partial charge in [0.25, 0.3) is 0 Å². The Balaban J connectivity index is 1.70. The van der Waals surface area contributed by atoms with Gasteiger partial charge in [-0.15, -0.1) is 0 Å². The van der Waals surface area contributed by atoms with Gasteiger partial charge in [0.1, 0.15) is 5.84 Å². The van der Waals surface area contributed by atoms with Gasteiger partial charge in [-0.25, -0.2) is 0 Å². The zero-order chi connectivity index (χ0) is 15.0. The van der Waals surface area contributed by atoms with Crippen LogP contribution in [0.1, 0.15) is 36.0 Å². The first-order chi connectivity index (χ1) is 10.0. The second-order valence-electron chi connectivity index (χ2n) is 6.63. The molecule has 3 N–H and O–H groups in total. The van der Waals surface area contributed by atoms with Crippen molar-refractivity contribution in [2.24, 2.45) is 5.73 Å². The number of nitrogen functional groups attached to an aromatic ring is 1. The van der Waals surface area contributed by atoms with E-state index in [1.807, 2.05) is 12.1 Å². The van der Waals surface area contributed by atoms with Gasteiger partial charge in [-0.2, -0.15) is 0 Å². The molecule has 0 amide bonds. The lowest BCUT2D eigenvalue weighted by Crippen LogP contribution is -2.36. The molecule has 4 nitrogen and oxygen atoms in total. The summed E-state index contributed by atoms with van der Waals surface area (Å²) in [6.45, 7) is 5.51. The molecule has 2 aliphatic heterocycles. The van der Waals surface area contributed by atoms with Crippen LogP contribution in [0.25, 0.3) is 0 Å². The van der Waals surface area contributed by atoms with Crippen molar-refractivity contribution in [3.05, 3.63) is 34.9 Å². The molecule has 2 aliphatic rings.